The van der Waals surface area contributed by atoms with E-state index in [0.29, 0.717) is 17.7 Å². The fourth-order valence-corrected chi connectivity index (χ4v) is 4.94. The Morgan fingerprint density at radius 3 is 2.43 bits per heavy atom. The van der Waals surface area contributed by atoms with Gasteiger partial charge in [0.2, 0.25) is 5.92 Å². The van der Waals surface area contributed by atoms with Crippen molar-refractivity contribution in [1.29, 1.82) is 0 Å². The van der Waals surface area contributed by atoms with Crippen LogP contribution in [0.1, 0.15) is 60.1 Å². The van der Waals surface area contributed by atoms with Gasteiger partial charge in [-0.2, -0.15) is 18.3 Å². The summed E-state index contributed by atoms with van der Waals surface area (Å²) in [4.78, 5) is 13.2. The minimum Gasteiger partial charge on any atom is -0.387 e. The van der Waals surface area contributed by atoms with Crippen LogP contribution in [-0.2, 0) is 12.7 Å². The highest BCUT2D eigenvalue weighted by molar-refractivity contribution is 6.32. The molecule has 1 saturated carbocycles. The van der Waals surface area contributed by atoms with E-state index in [2.05, 4.69) is 10.4 Å². The lowest BCUT2D eigenvalue weighted by molar-refractivity contribution is -0.137. The van der Waals surface area contributed by atoms with Gasteiger partial charge in [0.1, 0.15) is 0 Å². The number of carbonyl (C=O) groups is 1. The average molecular weight is 542 g/mol. The van der Waals surface area contributed by atoms with E-state index in [1.165, 1.54) is 6.07 Å². The molecule has 1 heterocycles. The standard InChI is InChI=1S/C26H25ClF5N3O2/c1-2-35-15-18(14-33-35)16-5-3-6-17(13-16)22(24(37)9-11-25(28,29)12-10-24)34-23(36)19-7-4-8-20(27)21(19)26(30,31)32/h3-8,13-15,22,37H,2,9-12H2,1H3,(H,34,36). The molecule has 2 aromatic carbocycles. The Kier molecular flexibility index (Phi) is 7.36. The molecule has 0 aliphatic heterocycles. The van der Waals surface area contributed by atoms with E-state index in [0.717, 1.165) is 17.7 Å². The lowest BCUT2D eigenvalue weighted by atomic mass is 9.75. The lowest BCUT2D eigenvalue weighted by Gasteiger charge is -2.42. The molecular weight excluding hydrogens is 517 g/mol. The Hall–Kier alpha value is -2.98. The number of aliphatic hydroxyl groups is 1. The van der Waals surface area contributed by atoms with Crippen molar-refractivity contribution in [3.05, 3.63) is 76.6 Å². The molecule has 0 radical (unpaired) electrons. The number of nitrogens with one attached hydrogen (secondary N) is 1. The van der Waals surface area contributed by atoms with E-state index in [1.807, 2.05) is 6.92 Å². The highest BCUT2D eigenvalue weighted by Gasteiger charge is 2.48. The summed E-state index contributed by atoms with van der Waals surface area (Å²) < 4.78 is 70.7. The summed E-state index contributed by atoms with van der Waals surface area (Å²) in [5, 5.41) is 17.6. The molecule has 0 spiro atoms. The van der Waals surface area contributed by atoms with Gasteiger partial charge in [-0.05, 0) is 49.1 Å². The molecule has 1 fully saturated rings. The maximum Gasteiger partial charge on any atom is 0.418 e. The summed E-state index contributed by atoms with van der Waals surface area (Å²) in [6.07, 6.45) is -3.44. The molecule has 0 bridgehead atoms. The first kappa shape index (κ1) is 27.1. The first-order valence-corrected chi connectivity index (χ1v) is 12.1. The smallest absolute Gasteiger partial charge is 0.387 e. The number of halogens is 6. The zero-order chi connectivity index (χ0) is 27.0. The largest absolute Gasteiger partial charge is 0.418 e. The minimum atomic E-state index is -4.91. The van der Waals surface area contributed by atoms with Crippen LogP contribution in [-0.4, -0.2) is 32.3 Å². The second-order valence-corrected chi connectivity index (χ2v) is 9.64. The highest BCUT2D eigenvalue weighted by Crippen LogP contribution is 2.45. The molecule has 4 rings (SSSR count). The molecular formula is C26H25ClF5N3O2. The van der Waals surface area contributed by atoms with Crippen molar-refractivity contribution in [1.82, 2.24) is 15.1 Å². The Balaban J connectivity index is 1.75. The molecule has 1 aliphatic carbocycles. The molecule has 1 aromatic heterocycles. The third-order valence-corrected chi connectivity index (χ3v) is 7.03. The number of aryl methyl sites for hydroxylation is 1. The number of carbonyl (C=O) groups excluding carboxylic acids is 1. The first-order chi connectivity index (χ1) is 17.3. The molecule has 0 saturated heterocycles. The Morgan fingerprint density at radius 1 is 1.14 bits per heavy atom. The lowest BCUT2D eigenvalue weighted by Crippen LogP contribution is -2.50. The maximum absolute atomic E-state index is 13.9. The quantitative estimate of drug-likeness (QED) is 0.343. The zero-order valence-corrected chi connectivity index (χ0v) is 20.6. The second-order valence-electron chi connectivity index (χ2n) is 9.24. The number of rotatable bonds is 6. The zero-order valence-electron chi connectivity index (χ0n) is 19.8. The van der Waals surface area contributed by atoms with Crippen LogP contribution in [0.4, 0.5) is 22.0 Å². The second kappa shape index (κ2) is 10.1. The van der Waals surface area contributed by atoms with E-state index >= 15 is 0 Å². The van der Waals surface area contributed by atoms with Gasteiger partial charge < -0.3 is 10.4 Å². The maximum atomic E-state index is 13.9. The SMILES string of the molecule is CCn1cc(-c2cccc(C(NC(=O)c3cccc(Cl)c3C(F)(F)F)C3(O)CCC(F)(F)CC3)c2)cn1. The Labute approximate surface area is 215 Å². The topological polar surface area (TPSA) is 67.2 Å². The van der Waals surface area contributed by atoms with Crippen molar-refractivity contribution in [2.75, 3.05) is 0 Å². The molecule has 3 aromatic rings. The predicted octanol–water partition coefficient (Wildman–Crippen LogP) is 6.65. The summed E-state index contributed by atoms with van der Waals surface area (Å²) >= 11 is 5.78. The van der Waals surface area contributed by atoms with Crippen LogP contribution in [0.5, 0.6) is 0 Å². The molecule has 198 valence electrons. The van der Waals surface area contributed by atoms with Crippen LogP contribution >= 0.6 is 11.6 Å². The molecule has 5 nitrogen and oxygen atoms in total. The van der Waals surface area contributed by atoms with Crippen molar-refractivity contribution in [2.45, 2.75) is 62.9 Å². The van der Waals surface area contributed by atoms with Crippen molar-refractivity contribution in [3.63, 3.8) is 0 Å². The predicted molar refractivity (Wildman–Crippen MR) is 128 cm³/mol. The number of alkyl halides is 5. The van der Waals surface area contributed by atoms with Gasteiger partial charge in [-0.3, -0.25) is 9.48 Å². The molecule has 37 heavy (non-hydrogen) atoms. The van der Waals surface area contributed by atoms with Gasteiger partial charge in [-0.15, -0.1) is 0 Å². The summed E-state index contributed by atoms with van der Waals surface area (Å²) in [5.41, 5.74) is -2.07. The summed E-state index contributed by atoms with van der Waals surface area (Å²) in [7, 11) is 0. The molecule has 2 N–H and O–H groups in total. The summed E-state index contributed by atoms with van der Waals surface area (Å²) in [6, 6.07) is 8.64. The fourth-order valence-electron chi connectivity index (χ4n) is 4.66. The van der Waals surface area contributed by atoms with Gasteiger partial charge in [0, 0.05) is 31.1 Å². The van der Waals surface area contributed by atoms with E-state index < -0.39 is 58.6 Å². The van der Waals surface area contributed by atoms with Crippen LogP contribution in [0.2, 0.25) is 5.02 Å². The third-order valence-electron chi connectivity index (χ3n) is 6.71. The van der Waals surface area contributed by atoms with Crippen LogP contribution < -0.4 is 5.32 Å². The Bertz CT molecular complexity index is 1280. The van der Waals surface area contributed by atoms with Crippen molar-refractivity contribution >= 4 is 17.5 Å². The number of aromatic nitrogens is 2. The van der Waals surface area contributed by atoms with Crippen LogP contribution in [0.3, 0.4) is 0 Å². The molecule has 11 heteroatoms. The van der Waals surface area contributed by atoms with E-state index in [-0.39, 0.29) is 12.8 Å². The number of hydrogen-bond acceptors (Lipinski definition) is 3. The number of amides is 1. The van der Waals surface area contributed by atoms with Gasteiger partial charge in [0.05, 0.1) is 34.0 Å². The fraction of sp³-hybridized carbons (Fsp3) is 0.385. The van der Waals surface area contributed by atoms with Gasteiger partial charge >= 0.3 is 6.18 Å². The van der Waals surface area contributed by atoms with E-state index in [4.69, 9.17) is 11.6 Å². The van der Waals surface area contributed by atoms with Gasteiger partial charge in [-0.25, -0.2) is 8.78 Å². The van der Waals surface area contributed by atoms with Crippen LogP contribution in [0.25, 0.3) is 11.1 Å². The molecule has 1 unspecified atom stereocenters. The van der Waals surface area contributed by atoms with E-state index in [9.17, 15) is 31.9 Å². The molecule has 1 atom stereocenters. The monoisotopic (exact) mass is 541 g/mol. The first-order valence-electron chi connectivity index (χ1n) is 11.7. The van der Waals surface area contributed by atoms with Crippen molar-refractivity contribution in [3.8, 4) is 11.1 Å². The van der Waals surface area contributed by atoms with Crippen molar-refractivity contribution in [2.24, 2.45) is 0 Å². The van der Waals surface area contributed by atoms with Crippen molar-refractivity contribution < 1.29 is 31.9 Å². The molecule has 1 aliphatic rings. The van der Waals surface area contributed by atoms with Gasteiger partial charge in [0.15, 0.2) is 0 Å². The number of benzene rings is 2. The minimum absolute atomic E-state index is 0.357. The van der Waals surface area contributed by atoms with Gasteiger partial charge in [0.25, 0.3) is 5.91 Å². The Morgan fingerprint density at radius 2 is 1.81 bits per heavy atom. The highest BCUT2D eigenvalue weighted by atomic mass is 35.5. The number of hydrogen-bond donors (Lipinski definition) is 2. The van der Waals surface area contributed by atoms with Gasteiger partial charge in [-0.1, -0.05) is 35.9 Å². The summed E-state index contributed by atoms with van der Waals surface area (Å²) in [6.45, 7) is 2.55. The average Bonchev–Trinajstić information content (AvgIpc) is 3.33. The number of nitrogens with zero attached hydrogens (tertiary/aromatic N) is 2. The normalized spacial score (nSPS) is 17.8. The van der Waals surface area contributed by atoms with Crippen LogP contribution in [0, 0.1) is 0 Å². The van der Waals surface area contributed by atoms with E-state index in [1.54, 1.807) is 41.3 Å². The third kappa shape index (κ3) is 5.80. The summed E-state index contributed by atoms with van der Waals surface area (Å²) in [5.74, 6) is -4.11. The van der Waals surface area contributed by atoms with Crippen LogP contribution in [0.15, 0.2) is 54.9 Å². The molecule has 1 amide bonds.